The topological polar surface area (TPSA) is 77.7 Å². The van der Waals surface area contributed by atoms with Crippen molar-refractivity contribution in [1.82, 2.24) is 4.98 Å². The third-order valence-corrected chi connectivity index (χ3v) is 4.24. The number of nitrogens with zero attached hydrogens (tertiary/aromatic N) is 2. The first-order chi connectivity index (χ1) is 12.2. The zero-order valence-corrected chi connectivity index (χ0v) is 14.4. The normalized spacial score (nSPS) is 14.4. The second-order valence-electron chi connectivity index (χ2n) is 5.95. The van der Waals surface area contributed by atoms with Crippen molar-refractivity contribution < 1.29 is 14.3 Å². The molecule has 0 bridgehead atoms. The van der Waals surface area contributed by atoms with Crippen LogP contribution in [0.4, 0.5) is 5.69 Å². The molecule has 0 spiro atoms. The fourth-order valence-electron chi connectivity index (χ4n) is 3.01. The van der Waals surface area contributed by atoms with Gasteiger partial charge in [-0.3, -0.25) is 4.79 Å². The Morgan fingerprint density at radius 1 is 1.32 bits per heavy atom. The van der Waals surface area contributed by atoms with Gasteiger partial charge in [0.15, 0.2) is 0 Å². The molecule has 2 aromatic rings. The van der Waals surface area contributed by atoms with E-state index in [0.29, 0.717) is 5.88 Å². The molecule has 2 N–H and O–H groups in total. The van der Waals surface area contributed by atoms with Gasteiger partial charge in [-0.15, -0.1) is 0 Å². The number of hydrogen-bond acceptors (Lipinski definition) is 5. The molecule has 0 aliphatic carbocycles. The minimum absolute atomic E-state index is 0.190. The van der Waals surface area contributed by atoms with Gasteiger partial charge in [0.2, 0.25) is 11.8 Å². The molecular weight excluding hydrogens is 318 g/mol. The molecule has 0 unspecified atom stereocenters. The smallest absolute Gasteiger partial charge is 0.222 e. The molecule has 25 heavy (non-hydrogen) atoms. The quantitative estimate of drug-likeness (QED) is 0.872. The van der Waals surface area contributed by atoms with Crippen LogP contribution >= 0.6 is 0 Å². The van der Waals surface area contributed by atoms with E-state index in [1.807, 2.05) is 31.2 Å². The van der Waals surface area contributed by atoms with Gasteiger partial charge in [-0.1, -0.05) is 13.0 Å². The van der Waals surface area contributed by atoms with Crippen LogP contribution in [-0.2, 0) is 22.4 Å². The largest absolute Gasteiger partial charge is 0.439 e. The summed E-state index contributed by atoms with van der Waals surface area (Å²) in [6.07, 6.45) is 2.56. The Bertz CT molecular complexity index is 742. The van der Waals surface area contributed by atoms with Gasteiger partial charge in [-0.2, -0.15) is 0 Å². The highest BCUT2D eigenvalue weighted by Gasteiger charge is 2.14. The number of pyridine rings is 1. The number of primary amides is 1. The second kappa shape index (κ2) is 7.98. The third-order valence-electron chi connectivity index (χ3n) is 4.24. The van der Waals surface area contributed by atoms with Crippen LogP contribution in [-0.4, -0.2) is 37.2 Å². The Balaban J connectivity index is 1.83. The van der Waals surface area contributed by atoms with Gasteiger partial charge in [-0.05, 0) is 30.2 Å². The minimum atomic E-state index is -0.360. The monoisotopic (exact) mass is 341 g/mol. The summed E-state index contributed by atoms with van der Waals surface area (Å²) < 4.78 is 11.4. The van der Waals surface area contributed by atoms with Gasteiger partial charge in [0.05, 0.1) is 19.6 Å². The molecule has 132 valence electrons. The van der Waals surface area contributed by atoms with E-state index in [4.69, 9.17) is 15.2 Å². The number of aromatic nitrogens is 1. The fourth-order valence-corrected chi connectivity index (χ4v) is 3.01. The highest BCUT2D eigenvalue weighted by atomic mass is 16.5. The minimum Gasteiger partial charge on any atom is -0.439 e. The summed E-state index contributed by atoms with van der Waals surface area (Å²) in [5.41, 5.74) is 8.22. The number of anilines is 1. The van der Waals surface area contributed by atoms with Gasteiger partial charge in [0.25, 0.3) is 0 Å². The number of amides is 1. The van der Waals surface area contributed by atoms with Crippen LogP contribution in [0.2, 0.25) is 0 Å². The maximum absolute atomic E-state index is 11.3. The number of benzene rings is 1. The van der Waals surface area contributed by atoms with Crippen LogP contribution < -0.4 is 15.4 Å². The predicted octanol–water partition coefficient (Wildman–Crippen LogP) is 2.30. The van der Waals surface area contributed by atoms with Crippen LogP contribution in [0.15, 0.2) is 36.5 Å². The molecule has 1 amide bonds. The van der Waals surface area contributed by atoms with Crippen molar-refractivity contribution in [2.24, 2.45) is 5.73 Å². The van der Waals surface area contributed by atoms with E-state index in [1.165, 1.54) is 0 Å². The average molecular weight is 341 g/mol. The zero-order valence-electron chi connectivity index (χ0n) is 14.4. The number of carbonyl (C=O) groups excluding carboxylic acids is 1. The van der Waals surface area contributed by atoms with E-state index in [-0.39, 0.29) is 12.3 Å². The number of hydrogen-bond donors (Lipinski definition) is 1. The summed E-state index contributed by atoms with van der Waals surface area (Å²) in [4.78, 5) is 17.9. The van der Waals surface area contributed by atoms with E-state index in [9.17, 15) is 4.79 Å². The Morgan fingerprint density at radius 3 is 2.84 bits per heavy atom. The zero-order chi connectivity index (χ0) is 17.6. The van der Waals surface area contributed by atoms with Crippen LogP contribution in [0.25, 0.3) is 0 Å². The van der Waals surface area contributed by atoms with Gasteiger partial charge in [0.1, 0.15) is 5.75 Å². The van der Waals surface area contributed by atoms with Gasteiger partial charge < -0.3 is 20.1 Å². The molecule has 1 fully saturated rings. The maximum atomic E-state index is 11.3. The van der Waals surface area contributed by atoms with E-state index in [0.717, 1.165) is 55.3 Å². The molecule has 6 heteroatoms. The Hall–Kier alpha value is -2.60. The van der Waals surface area contributed by atoms with Crippen molar-refractivity contribution in [2.45, 2.75) is 19.8 Å². The van der Waals surface area contributed by atoms with Crippen molar-refractivity contribution >= 4 is 11.6 Å². The van der Waals surface area contributed by atoms with Crippen molar-refractivity contribution in [3.63, 3.8) is 0 Å². The van der Waals surface area contributed by atoms with Gasteiger partial charge in [0, 0.05) is 36.6 Å². The summed E-state index contributed by atoms with van der Waals surface area (Å²) >= 11 is 0. The molecule has 0 radical (unpaired) electrons. The second-order valence-corrected chi connectivity index (χ2v) is 5.95. The summed E-state index contributed by atoms with van der Waals surface area (Å²) in [5, 5.41) is 0. The lowest BCUT2D eigenvalue weighted by Gasteiger charge is -2.29. The first kappa shape index (κ1) is 17.2. The lowest BCUT2D eigenvalue weighted by molar-refractivity contribution is -0.117. The van der Waals surface area contributed by atoms with E-state index >= 15 is 0 Å². The number of morpholine rings is 1. The first-order valence-corrected chi connectivity index (χ1v) is 8.53. The van der Waals surface area contributed by atoms with Crippen molar-refractivity contribution in [3.05, 3.63) is 47.7 Å². The maximum Gasteiger partial charge on any atom is 0.222 e. The standard InChI is InChI=1S/C19H23N3O3/c1-2-17-14(12-18(20)23)6-7-21-19(17)25-16-5-3-4-15(13-16)22-8-10-24-11-9-22/h3-7,13H,2,8-12H2,1H3,(H2,20,23). The Labute approximate surface area is 147 Å². The molecule has 1 aromatic heterocycles. The van der Waals surface area contributed by atoms with Gasteiger partial charge >= 0.3 is 0 Å². The molecule has 0 saturated carbocycles. The molecule has 1 aliphatic rings. The van der Waals surface area contributed by atoms with Crippen LogP contribution in [0, 0.1) is 0 Å². The highest BCUT2D eigenvalue weighted by molar-refractivity contribution is 5.77. The molecule has 3 rings (SSSR count). The molecular formula is C19H23N3O3. The number of ether oxygens (including phenoxy) is 2. The van der Waals surface area contributed by atoms with Crippen LogP contribution in [0.3, 0.4) is 0 Å². The SMILES string of the molecule is CCc1c(CC(N)=O)ccnc1Oc1cccc(N2CCOCC2)c1. The average Bonchev–Trinajstić information content (AvgIpc) is 2.62. The number of rotatable bonds is 6. The molecule has 6 nitrogen and oxygen atoms in total. The summed E-state index contributed by atoms with van der Waals surface area (Å²) in [5.74, 6) is 0.893. The van der Waals surface area contributed by atoms with Crippen LogP contribution in [0.1, 0.15) is 18.1 Å². The van der Waals surface area contributed by atoms with Crippen molar-refractivity contribution in [3.8, 4) is 11.6 Å². The molecule has 1 saturated heterocycles. The van der Waals surface area contributed by atoms with Crippen molar-refractivity contribution in [1.29, 1.82) is 0 Å². The van der Waals surface area contributed by atoms with E-state index in [2.05, 4.69) is 16.0 Å². The van der Waals surface area contributed by atoms with Gasteiger partial charge in [-0.25, -0.2) is 4.98 Å². The third kappa shape index (κ3) is 4.28. The number of carbonyl (C=O) groups is 1. The number of nitrogens with two attached hydrogens (primary N) is 1. The van der Waals surface area contributed by atoms with Crippen LogP contribution in [0.5, 0.6) is 11.6 Å². The summed E-state index contributed by atoms with van der Waals surface area (Å²) in [7, 11) is 0. The van der Waals surface area contributed by atoms with Crippen molar-refractivity contribution in [2.75, 3.05) is 31.2 Å². The lowest BCUT2D eigenvalue weighted by atomic mass is 10.0. The van der Waals surface area contributed by atoms with E-state index in [1.54, 1.807) is 6.20 Å². The Morgan fingerprint density at radius 2 is 2.12 bits per heavy atom. The fraction of sp³-hybridized carbons (Fsp3) is 0.368. The van der Waals surface area contributed by atoms with E-state index < -0.39 is 0 Å². The first-order valence-electron chi connectivity index (χ1n) is 8.53. The predicted molar refractivity (Wildman–Crippen MR) is 96.1 cm³/mol. The summed E-state index contributed by atoms with van der Waals surface area (Å²) in [6, 6.07) is 9.77. The lowest BCUT2D eigenvalue weighted by Crippen LogP contribution is -2.36. The molecule has 0 atom stereocenters. The highest BCUT2D eigenvalue weighted by Crippen LogP contribution is 2.29. The molecule has 2 heterocycles. The Kier molecular flexibility index (Phi) is 5.50. The molecule has 1 aromatic carbocycles. The summed E-state index contributed by atoms with van der Waals surface area (Å²) in [6.45, 7) is 5.23. The molecule has 1 aliphatic heterocycles.